The zero-order valence-electron chi connectivity index (χ0n) is 12.6. The van der Waals surface area contributed by atoms with Crippen molar-refractivity contribution in [3.8, 4) is 5.75 Å². The number of likely N-dealkylation sites (N-methyl/N-ethyl adjacent to an activating group) is 1. The third-order valence-electron chi connectivity index (χ3n) is 4.04. The number of hydrogen-bond acceptors (Lipinski definition) is 4. The van der Waals surface area contributed by atoms with Gasteiger partial charge in [-0.15, -0.1) is 0 Å². The van der Waals surface area contributed by atoms with Crippen molar-refractivity contribution in [2.45, 2.75) is 32.9 Å². The summed E-state index contributed by atoms with van der Waals surface area (Å²) in [5.41, 5.74) is 1.51. The fourth-order valence-corrected chi connectivity index (χ4v) is 2.81. The molecule has 1 aliphatic rings. The van der Waals surface area contributed by atoms with E-state index in [1.54, 1.807) is 19.1 Å². The minimum absolute atomic E-state index is 0.0369. The van der Waals surface area contributed by atoms with Crippen molar-refractivity contribution in [2.75, 3.05) is 26.7 Å². The highest BCUT2D eigenvalue weighted by atomic mass is 16.3. The number of ketones is 1. The van der Waals surface area contributed by atoms with E-state index in [2.05, 4.69) is 23.8 Å². The standard InChI is InChI=1S/C16H24N2O2/c1-12-10-17(3)7-4-8-18(12)11-15-9-14(13(2)19)5-6-16(15)20/h5-6,9,12,20H,4,7-8,10-11H2,1-3H3. The second-order valence-corrected chi connectivity index (χ2v) is 5.83. The molecule has 2 rings (SSSR count). The van der Waals surface area contributed by atoms with E-state index >= 15 is 0 Å². The van der Waals surface area contributed by atoms with Crippen molar-refractivity contribution < 1.29 is 9.90 Å². The first-order valence-corrected chi connectivity index (χ1v) is 7.23. The maximum atomic E-state index is 11.5. The fourth-order valence-electron chi connectivity index (χ4n) is 2.81. The van der Waals surface area contributed by atoms with Crippen LogP contribution in [0.2, 0.25) is 0 Å². The second kappa shape index (κ2) is 6.37. The normalized spacial score (nSPS) is 21.6. The molecule has 1 heterocycles. The minimum Gasteiger partial charge on any atom is -0.508 e. The minimum atomic E-state index is 0.0369. The summed E-state index contributed by atoms with van der Waals surface area (Å²) in [5, 5.41) is 10.0. The molecule has 0 spiro atoms. The van der Waals surface area contributed by atoms with Crippen molar-refractivity contribution in [1.82, 2.24) is 9.80 Å². The van der Waals surface area contributed by atoms with Gasteiger partial charge in [0.05, 0.1) is 0 Å². The van der Waals surface area contributed by atoms with Gasteiger partial charge in [0.15, 0.2) is 5.78 Å². The Balaban J connectivity index is 2.16. The summed E-state index contributed by atoms with van der Waals surface area (Å²) < 4.78 is 0. The van der Waals surface area contributed by atoms with Crippen LogP contribution in [0.25, 0.3) is 0 Å². The molecular formula is C16H24N2O2. The number of carbonyl (C=O) groups is 1. The van der Waals surface area contributed by atoms with Crippen LogP contribution in [-0.4, -0.2) is 53.4 Å². The Morgan fingerprint density at radius 3 is 2.85 bits per heavy atom. The summed E-state index contributed by atoms with van der Waals surface area (Å²) in [6, 6.07) is 5.57. The lowest BCUT2D eigenvalue weighted by Crippen LogP contribution is -2.37. The molecule has 1 aromatic carbocycles. The van der Waals surface area contributed by atoms with Crippen molar-refractivity contribution in [3.63, 3.8) is 0 Å². The Morgan fingerprint density at radius 2 is 2.15 bits per heavy atom. The molecule has 1 aromatic rings. The zero-order valence-corrected chi connectivity index (χ0v) is 12.6. The summed E-state index contributed by atoms with van der Waals surface area (Å²) in [6.07, 6.45) is 1.13. The molecule has 0 saturated carbocycles. The highest BCUT2D eigenvalue weighted by Gasteiger charge is 2.20. The van der Waals surface area contributed by atoms with E-state index in [4.69, 9.17) is 0 Å². The molecule has 1 aliphatic heterocycles. The molecule has 1 N–H and O–H groups in total. The van der Waals surface area contributed by atoms with Gasteiger partial charge >= 0.3 is 0 Å². The number of phenols is 1. The number of aromatic hydroxyl groups is 1. The topological polar surface area (TPSA) is 43.8 Å². The quantitative estimate of drug-likeness (QED) is 0.859. The molecule has 4 heteroatoms. The number of Topliss-reactive ketones (excluding diaryl/α,β-unsaturated/α-hetero) is 1. The van der Waals surface area contributed by atoms with E-state index in [9.17, 15) is 9.90 Å². The smallest absolute Gasteiger partial charge is 0.159 e. The number of hydrogen-bond donors (Lipinski definition) is 1. The summed E-state index contributed by atoms with van der Waals surface area (Å²) in [7, 11) is 2.15. The van der Waals surface area contributed by atoms with Crippen molar-refractivity contribution in [1.29, 1.82) is 0 Å². The highest BCUT2D eigenvalue weighted by Crippen LogP contribution is 2.22. The van der Waals surface area contributed by atoms with Crippen molar-refractivity contribution in [3.05, 3.63) is 29.3 Å². The Labute approximate surface area is 121 Å². The Bertz CT molecular complexity index is 487. The molecule has 0 bridgehead atoms. The molecule has 110 valence electrons. The number of rotatable bonds is 3. The maximum Gasteiger partial charge on any atom is 0.159 e. The number of benzene rings is 1. The van der Waals surface area contributed by atoms with Gasteiger partial charge in [-0.1, -0.05) is 0 Å². The van der Waals surface area contributed by atoms with Crippen LogP contribution in [0, 0.1) is 0 Å². The SMILES string of the molecule is CC(=O)c1ccc(O)c(CN2CCCN(C)CC2C)c1. The van der Waals surface area contributed by atoms with Gasteiger partial charge in [-0.3, -0.25) is 9.69 Å². The van der Waals surface area contributed by atoms with E-state index in [1.807, 2.05) is 6.07 Å². The van der Waals surface area contributed by atoms with Gasteiger partial charge in [0.2, 0.25) is 0 Å². The Morgan fingerprint density at radius 1 is 1.40 bits per heavy atom. The lowest BCUT2D eigenvalue weighted by Gasteiger charge is -2.28. The van der Waals surface area contributed by atoms with Crippen LogP contribution < -0.4 is 0 Å². The Kier molecular flexibility index (Phi) is 4.78. The van der Waals surface area contributed by atoms with E-state index in [0.717, 1.165) is 31.6 Å². The van der Waals surface area contributed by atoms with Gasteiger partial charge in [-0.25, -0.2) is 0 Å². The molecule has 20 heavy (non-hydrogen) atoms. The molecule has 0 aromatic heterocycles. The highest BCUT2D eigenvalue weighted by molar-refractivity contribution is 5.94. The summed E-state index contributed by atoms with van der Waals surface area (Å²) >= 11 is 0. The average Bonchev–Trinajstić information content (AvgIpc) is 2.53. The van der Waals surface area contributed by atoms with Crippen LogP contribution in [0.15, 0.2) is 18.2 Å². The fraction of sp³-hybridized carbons (Fsp3) is 0.562. The van der Waals surface area contributed by atoms with Gasteiger partial charge in [0, 0.05) is 36.8 Å². The molecule has 1 unspecified atom stereocenters. The lowest BCUT2D eigenvalue weighted by atomic mass is 10.1. The van der Waals surface area contributed by atoms with E-state index in [1.165, 1.54) is 0 Å². The van der Waals surface area contributed by atoms with Gasteiger partial charge in [-0.2, -0.15) is 0 Å². The molecule has 1 saturated heterocycles. The predicted octanol–water partition coefficient (Wildman–Crippen LogP) is 2.12. The molecule has 1 atom stereocenters. The van der Waals surface area contributed by atoms with Gasteiger partial charge in [0.1, 0.15) is 5.75 Å². The first-order chi connectivity index (χ1) is 9.47. The number of phenolic OH excluding ortho intramolecular Hbond substituents is 1. The number of carbonyl (C=O) groups excluding carboxylic acids is 1. The maximum absolute atomic E-state index is 11.5. The molecule has 0 radical (unpaired) electrons. The molecule has 1 fully saturated rings. The summed E-state index contributed by atoms with van der Waals surface area (Å²) in [6.45, 7) is 7.64. The van der Waals surface area contributed by atoms with Crippen LogP contribution >= 0.6 is 0 Å². The third-order valence-corrected chi connectivity index (χ3v) is 4.04. The van der Waals surface area contributed by atoms with Crippen LogP contribution in [0.1, 0.15) is 36.2 Å². The van der Waals surface area contributed by atoms with Crippen molar-refractivity contribution >= 4 is 5.78 Å². The first kappa shape index (κ1) is 15.0. The lowest BCUT2D eigenvalue weighted by molar-refractivity contribution is 0.101. The number of nitrogens with zero attached hydrogens (tertiary/aromatic N) is 2. The van der Waals surface area contributed by atoms with E-state index in [-0.39, 0.29) is 11.5 Å². The monoisotopic (exact) mass is 276 g/mol. The summed E-state index contributed by atoms with van der Waals surface area (Å²) in [4.78, 5) is 16.2. The van der Waals surface area contributed by atoms with Crippen LogP contribution in [0.5, 0.6) is 5.75 Å². The summed E-state index contributed by atoms with van der Waals surface area (Å²) in [5.74, 6) is 0.315. The molecule has 4 nitrogen and oxygen atoms in total. The van der Waals surface area contributed by atoms with Crippen LogP contribution in [0.3, 0.4) is 0 Å². The van der Waals surface area contributed by atoms with E-state index in [0.29, 0.717) is 18.2 Å². The third kappa shape index (κ3) is 3.58. The first-order valence-electron chi connectivity index (χ1n) is 7.23. The predicted molar refractivity (Wildman–Crippen MR) is 80.1 cm³/mol. The molecular weight excluding hydrogens is 252 g/mol. The van der Waals surface area contributed by atoms with Gasteiger partial charge < -0.3 is 10.0 Å². The van der Waals surface area contributed by atoms with E-state index < -0.39 is 0 Å². The van der Waals surface area contributed by atoms with Crippen LogP contribution in [-0.2, 0) is 6.54 Å². The Hall–Kier alpha value is -1.39. The zero-order chi connectivity index (χ0) is 14.7. The molecule has 0 amide bonds. The second-order valence-electron chi connectivity index (χ2n) is 5.83. The molecule has 0 aliphatic carbocycles. The average molecular weight is 276 g/mol. The van der Waals surface area contributed by atoms with Crippen LogP contribution in [0.4, 0.5) is 0 Å². The van der Waals surface area contributed by atoms with Gasteiger partial charge in [0.25, 0.3) is 0 Å². The van der Waals surface area contributed by atoms with Gasteiger partial charge in [-0.05, 0) is 52.1 Å². The van der Waals surface area contributed by atoms with Crippen molar-refractivity contribution in [2.24, 2.45) is 0 Å². The largest absolute Gasteiger partial charge is 0.508 e.